The summed E-state index contributed by atoms with van der Waals surface area (Å²) >= 11 is 11.9. The van der Waals surface area contributed by atoms with Crippen molar-refractivity contribution in [2.75, 3.05) is 7.11 Å². The molecule has 2 aromatic carbocycles. The molecule has 0 aliphatic rings. The molecule has 0 bridgehead atoms. The van der Waals surface area contributed by atoms with Crippen LogP contribution in [0.15, 0.2) is 30.3 Å². The molecule has 106 valence electrons. The molecule has 2 nitrogen and oxygen atoms in total. The molecule has 2 rings (SSSR count). The average molecular weight is 318 g/mol. The van der Waals surface area contributed by atoms with E-state index in [-0.39, 0.29) is 21.4 Å². The molecule has 0 heterocycles. The van der Waals surface area contributed by atoms with Crippen molar-refractivity contribution in [1.29, 1.82) is 0 Å². The Morgan fingerprint density at radius 3 is 2.30 bits per heavy atom. The van der Waals surface area contributed by atoms with Crippen LogP contribution in [-0.4, -0.2) is 7.11 Å². The highest BCUT2D eigenvalue weighted by Crippen LogP contribution is 2.34. The molecule has 0 saturated carbocycles. The smallest absolute Gasteiger partial charge is 0.134 e. The Balaban J connectivity index is 2.54. The van der Waals surface area contributed by atoms with Crippen LogP contribution in [0.1, 0.15) is 17.2 Å². The number of hydrogen-bond donors (Lipinski definition) is 1. The third kappa shape index (κ3) is 2.73. The number of ether oxygens (including phenoxy) is 1. The number of rotatable bonds is 3. The van der Waals surface area contributed by atoms with Crippen molar-refractivity contribution < 1.29 is 13.5 Å². The fraction of sp³-hybridized carbons (Fsp3) is 0.143. The van der Waals surface area contributed by atoms with Crippen molar-refractivity contribution in [2.24, 2.45) is 5.73 Å². The fourth-order valence-electron chi connectivity index (χ4n) is 1.89. The lowest BCUT2D eigenvalue weighted by atomic mass is 9.98. The van der Waals surface area contributed by atoms with Gasteiger partial charge >= 0.3 is 0 Å². The summed E-state index contributed by atoms with van der Waals surface area (Å²) in [6, 6.07) is 5.83. The molecule has 1 unspecified atom stereocenters. The van der Waals surface area contributed by atoms with E-state index >= 15 is 0 Å². The molecule has 0 aromatic heterocycles. The maximum absolute atomic E-state index is 14.0. The zero-order valence-electron chi connectivity index (χ0n) is 10.5. The van der Waals surface area contributed by atoms with Gasteiger partial charge in [-0.3, -0.25) is 0 Å². The van der Waals surface area contributed by atoms with Gasteiger partial charge in [0.1, 0.15) is 17.4 Å². The van der Waals surface area contributed by atoms with E-state index in [1.165, 1.54) is 7.11 Å². The van der Waals surface area contributed by atoms with Crippen molar-refractivity contribution in [1.82, 2.24) is 0 Å². The van der Waals surface area contributed by atoms with E-state index in [9.17, 15) is 8.78 Å². The number of methoxy groups -OCH3 is 1. The van der Waals surface area contributed by atoms with Gasteiger partial charge in [0.05, 0.1) is 23.2 Å². The lowest BCUT2D eigenvalue weighted by Gasteiger charge is -2.17. The van der Waals surface area contributed by atoms with Crippen LogP contribution in [0.4, 0.5) is 8.78 Å². The third-order valence-electron chi connectivity index (χ3n) is 2.92. The Hall–Kier alpha value is -1.36. The highest BCUT2D eigenvalue weighted by atomic mass is 35.5. The Morgan fingerprint density at radius 1 is 1.15 bits per heavy atom. The molecule has 2 N–H and O–H groups in total. The van der Waals surface area contributed by atoms with Gasteiger partial charge in [0, 0.05) is 17.7 Å². The lowest BCUT2D eigenvalue weighted by molar-refractivity contribution is 0.404. The molecule has 0 spiro atoms. The first-order valence-electron chi connectivity index (χ1n) is 5.68. The summed E-state index contributed by atoms with van der Waals surface area (Å²) in [5.41, 5.74) is 5.98. The molecule has 0 radical (unpaired) electrons. The summed E-state index contributed by atoms with van der Waals surface area (Å²) in [5.74, 6) is -1.52. The van der Waals surface area contributed by atoms with E-state index < -0.39 is 17.7 Å². The number of benzene rings is 2. The monoisotopic (exact) mass is 317 g/mol. The van der Waals surface area contributed by atoms with E-state index in [4.69, 9.17) is 33.7 Å². The van der Waals surface area contributed by atoms with Crippen LogP contribution in [0.25, 0.3) is 0 Å². The Bertz CT molecular complexity index is 626. The molecule has 2 aromatic rings. The zero-order valence-corrected chi connectivity index (χ0v) is 12.0. The van der Waals surface area contributed by atoms with Gasteiger partial charge < -0.3 is 10.5 Å². The minimum Gasteiger partial charge on any atom is -0.497 e. The molecule has 1 atom stereocenters. The summed E-state index contributed by atoms with van der Waals surface area (Å²) in [5, 5.41) is 0.449. The summed E-state index contributed by atoms with van der Waals surface area (Å²) in [6.45, 7) is 0. The van der Waals surface area contributed by atoms with Gasteiger partial charge in [-0.1, -0.05) is 35.3 Å². The maximum Gasteiger partial charge on any atom is 0.134 e. The van der Waals surface area contributed by atoms with Gasteiger partial charge in [-0.2, -0.15) is 0 Å². The molecule has 0 fully saturated rings. The van der Waals surface area contributed by atoms with Gasteiger partial charge in [-0.15, -0.1) is 0 Å². The average Bonchev–Trinajstić information content (AvgIpc) is 2.40. The predicted molar refractivity (Wildman–Crippen MR) is 75.4 cm³/mol. The summed E-state index contributed by atoms with van der Waals surface area (Å²) in [6.07, 6.45) is 0. The zero-order chi connectivity index (χ0) is 14.9. The van der Waals surface area contributed by atoms with Crippen LogP contribution in [0.5, 0.6) is 5.75 Å². The first-order chi connectivity index (χ1) is 9.45. The second kappa shape index (κ2) is 5.95. The lowest BCUT2D eigenvalue weighted by Crippen LogP contribution is -2.16. The quantitative estimate of drug-likeness (QED) is 0.914. The fourth-order valence-corrected chi connectivity index (χ4v) is 2.32. The van der Waals surface area contributed by atoms with Gasteiger partial charge in [0.15, 0.2) is 0 Å². The second-order valence-corrected chi connectivity index (χ2v) is 4.91. The van der Waals surface area contributed by atoms with Crippen LogP contribution >= 0.6 is 23.2 Å². The van der Waals surface area contributed by atoms with E-state index in [1.807, 2.05) is 0 Å². The Morgan fingerprint density at radius 2 is 1.75 bits per heavy atom. The molecule has 0 aliphatic heterocycles. The van der Waals surface area contributed by atoms with Gasteiger partial charge in [-0.05, 0) is 11.6 Å². The van der Waals surface area contributed by atoms with Crippen LogP contribution in [0.3, 0.4) is 0 Å². The van der Waals surface area contributed by atoms with Gasteiger partial charge in [0.25, 0.3) is 0 Å². The Kier molecular flexibility index (Phi) is 4.48. The van der Waals surface area contributed by atoms with Crippen molar-refractivity contribution in [2.45, 2.75) is 6.04 Å². The van der Waals surface area contributed by atoms with Crippen molar-refractivity contribution in [3.05, 3.63) is 63.1 Å². The van der Waals surface area contributed by atoms with Gasteiger partial charge in [0.2, 0.25) is 0 Å². The summed E-state index contributed by atoms with van der Waals surface area (Å²) < 4.78 is 32.8. The standard InChI is InChI=1S/C14H11Cl2F2NO/c1-20-7-5-10(17)12(11(18)6-7)14(19)8-3-2-4-9(15)13(8)16/h2-6,14H,19H2,1H3. The minimum absolute atomic E-state index is 0.0770. The first kappa shape index (κ1) is 15.0. The number of hydrogen-bond acceptors (Lipinski definition) is 2. The topological polar surface area (TPSA) is 35.2 Å². The normalized spacial score (nSPS) is 12.3. The van der Waals surface area contributed by atoms with Crippen LogP contribution in [0.2, 0.25) is 10.0 Å². The first-order valence-corrected chi connectivity index (χ1v) is 6.43. The van der Waals surface area contributed by atoms with Crippen LogP contribution in [-0.2, 0) is 0 Å². The predicted octanol–water partition coefficient (Wildman–Crippen LogP) is 4.33. The summed E-state index contributed by atoms with van der Waals surface area (Å²) in [4.78, 5) is 0. The molecule has 20 heavy (non-hydrogen) atoms. The number of nitrogens with two attached hydrogens (primary N) is 1. The number of halogens is 4. The van der Waals surface area contributed by atoms with Crippen molar-refractivity contribution in [3.8, 4) is 5.75 Å². The molecular formula is C14H11Cl2F2NO. The highest BCUT2D eigenvalue weighted by molar-refractivity contribution is 6.42. The van der Waals surface area contributed by atoms with Crippen molar-refractivity contribution in [3.63, 3.8) is 0 Å². The SMILES string of the molecule is COc1cc(F)c(C(N)c2cccc(Cl)c2Cl)c(F)c1. The molecule has 0 amide bonds. The Labute approximate surface area is 125 Å². The second-order valence-electron chi connectivity index (χ2n) is 4.13. The molecule has 6 heteroatoms. The largest absolute Gasteiger partial charge is 0.497 e. The third-order valence-corrected chi connectivity index (χ3v) is 3.75. The molecule has 0 aliphatic carbocycles. The van der Waals surface area contributed by atoms with E-state index in [2.05, 4.69) is 0 Å². The minimum atomic E-state index is -1.06. The summed E-state index contributed by atoms with van der Waals surface area (Å²) in [7, 11) is 1.32. The maximum atomic E-state index is 14.0. The van der Waals surface area contributed by atoms with E-state index in [0.29, 0.717) is 5.56 Å². The highest BCUT2D eigenvalue weighted by Gasteiger charge is 2.22. The van der Waals surface area contributed by atoms with Crippen molar-refractivity contribution >= 4 is 23.2 Å². The molecular weight excluding hydrogens is 307 g/mol. The van der Waals surface area contributed by atoms with Crippen LogP contribution < -0.4 is 10.5 Å². The molecule has 0 saturated heterocycles. The van der Waals surface area contributed by atoms with Crippen LogP contribution in [0, 0.1) is 11.6 Å². The van der Waals surface area contributed by atoms with E-state index in [0.717, 1.165) is 12.1 Å². The van der Waals surface area contributed by atoms with E-state index in [1.54, 1.807) is 18.2 Å². The van der Waals surface area contributed by atoms with Gasteiger partial charge in [-0.25, -0.2) is 8.78 Å².